The lowest BCUT2D eigenvalue weighted by Gasteiger charge is -2.27. The topological polar surface area (TPSA) is 135 Å². The second-order valence-corrected chi connectivity index (χ2v) is 46.8. The minimum atomic E-state index is -2.08. The average Bonchev–Trinajstić information content (AvgIpc) is 1.72. The maximum atomic E-state index is 14.0. The molecule has 0 aliphatic carbocycles. The highest BCUT2D eigenvalue weighted by Crippen LogP contribution is 2.53. The Bertz CT molecular complexity index is 5250. The van der Waals surface area contributed by atoms with Gasteiger partial charge in [0.15, 0.2) is 0 Å². The van der Waals surface area contributed by atoms with Gasteiger partial charge in [-0.2, -0.15) is 0 Å². The second-order valence-electron chi connectivity index (χ2n) is 44.2. The van der Waals surface area contributed by atoms with Crippen LogP contribution in [-0.2, 0) is 74.6 Å². The Morgan fingerprint density at radius 3 is 0.823 bits per heavy atom. The van der Waals surface area contributed by atoms with Gasteiger partial charge in [-0.3, -0.25) is 9.59 Å². The van der Waals surface area contributed by atoms with Crippen LogP contribution in [0.15, 0.2) is 138 Å². The first-order valence-electron chi connectivity index (χ1n) is 40.4. The summed E-state index contributed by atoms with van der Waals surface area (Å²) in [4.78, 5) is 26.6. The zero-order valence-electron chi connectivity index (χ0n) is 75.1. The number of esters is 2. The fraction of sp³-hybridized carbons (Fsp3) is 0.500. The molecule has 0 radical (unpaired) electrons. The second kappa shape index (κ2) is 29.8. The van der Waals surface area contributed by atoms with E-state index < -0.39 is 27.4 Å². The molecule has 0 saturated carbocycles. The quantitative estimate of drug-likeness (QED) is 0.134. The molecule has 2 aliphatic heterocycles. The van der Waals surface area contributed by atoms with Crippen molar-refractivity contribution in [3.63, 3.8) is 0 Å². The molecule has 13 heteroatoms. The summed E-state index contributed by atoms with van der Waals surface area (Å²) in [5, 5.41) is 14.6. The molecule has 1 N–H and O–H groups in total. The van der Waals surface area contributed by atoms with E-state index in [2.05, 4.69) is 322 Å². The molecule has 12 rings (SSSR count). The molecule has 608 valence electrons. The maximum Gasteiger partial charge on any atom is 0.453 e. The van der Waals surface area contributed by atoms with Gasteiger partial charge in [0.1, 0.15) is 57.2 Å². The van der Waals surface area contributed by atoms with Crippen molar-refractivity contribution >= 4 is 82.7 Å². The molecule has 2 atom stereocenters. The third kappa shape index (κ3) is 18.9. The number of ether oxygens (including phenoxy) is 2. The minimum absolute atomic E-state index is 0.00253. The van der Waals surface area contributed by atoms with Crippen molar-refractivity contribution in [2.45, 2.75) is 326 Å². The Labute approximate surface area is 683 Å². The standard InChI is InChI=1S/C50H65O5P.C28H40ClO2P.C22H26O3/c1-45(2,3)29-19-21-39-35(23-29)41(44(51)52-39)36-24-30(46(4,5)6)20-22-40(36)53-56-54-42-33(25-31(47(7,8)9)27-37(42)49(13,14)15)34-26-32(48(10,11)12)28-38(43(34)55-56)50(16,17)18;1-25(2,3)17-13-19-20-14-18(26(4,5)6)16-22(28(10,11)12)24(20)31-32(29)30-23(19)21(15-17)27(7,8)9;1-21(2,3)13-7-9-17(23)15(11-13)19-16-12-14(22(4,5)6)8-10-18(16)25-20(19)24/h19-28,41H,1-18H3;13-16H,1-12H3;7-12,19,23H,1-6H3. The van der Waals surface area contributed by atoms with Crippen molar-refractivity contribution in [3.05, 3.63) is 210 Å². The zero-order chi connectivity index (χ0) is 84.7. The van der Waals surface area contributed by atoms with Crippen LogP contribution < -0.4 is 14.0 Å². The smallest absolute Gasteiger partial charge is 0.453 e. The van der Waals surface area contributed by atoms with Gasteiger partial charge in [-0.25, -0.2) is 0 Å². The number of phenols is 1. The van der Waals surface area contributed by atoms with Gasteiger partial charge in [-0.1, -0.05) is 322 Å². The van der Waals surface area contributed by atoms with Crippen molar-refractivity contribution in [1.29, 1.82) is 0 Å². The van der Waals surface area contributed by atoms with E-state index in [0.717, 1.165) is 93.9 Å². The molecular weight excluding hydrogens is 1460 g/mol. The summed E-state index contributed by atoms with van der Waals surface area (Å²) in [5.41, 5.74) is 19.0. The molecule has 0 spiro atoms. The number of hydrogen-bond donors (Lipinski definition) is 1. The minimum Gasteiger partial charge on any atom is -0.508 e. The first-order chi connectivity index (χ1) is 51.2. The predicted molar refractivity (Wildman–Crippen MR) is 477 cm³/mol. The average molecular weight is 1590 g/mol. The fourth-order valence-electron chi connectivity index (χ4n) is 14.5. The molecule has 10 nitrogen and oxygen atoms in total. The lowest BCUT2D eigenvalue weighted by molar-refractivity contribution is -0.134. The number of rotatable bonds is 4. The van der Waals surface area contributed by atoms with Gasteiger partial charge in [0.2, 0.25) is 0 Å². The number of halogens is 1. The molecule has 0 bridgehead atoms. The van der Waals surface area contributed by atoms with Gasteiger partial charge < -0.3 is 35.9 Å². The molecule has 10 aromatic rings. The Morgan fingerprint density at radius 2 is 0.540 bits per heavy atom. The highest BCUT2D eigenvalue weighted by molar-refractivity contribution is 7.68. The van der Waals surface area contributed by atoms with Crippen LogP contribution in [0.2, 0.25) is 0 Å². The highest BCUT2D eigenvalue weighted by atomic mass is 35.7. The number of benzene rings is 8. The van der Waals surface area contributed by atoms with Crippen LogP contribution in [0.5, 0.6) is 23.0 Å². The van der Waals surface area contributed by atoms with Crippen molar-refractivity contribution in [3.8, 4) is 23.0 Å². The van der Waals surface area contributed by atoms with E-state index in [4.69, 9.17) is 42.0 Å². The van der Waals surface area contributed by atoms with Crippen LogP contribution in [0.3, 0.4) is 0 Å². The zero-order valence-corrected chi connectivity index (χ0v) is 77.6. The summed E-state index contributed by atoms with van der Waals surface area (Å²) < 4.78 is 45.5. The molecule has 0 saturated heterocycles. The van der Waals surface area contributed by atoms with Crippen molar-refractivity contribution in [2.75, 3.05) is 0 Å². The number of carbonyl (C=O) groups is 2. The lowest BCUT2D eigenvalue weighted by atomic mass is 9.77. The van der Waals surface area contributed by atoms with Gasteiger partial charge in [-0.15, -0.1) is 0 Å². The number of fused-ring (bicyclic) bond motifs is 8. The highest BCUT2D eigenvalue weighted by Gasteiger charge is 2.41. The van der Waals surface area contributed by atoms with Crippen LogP contribution in [-0.4, -0.2) is 17.0 Å². The molecule has 2 unspecified atom stereocenters. The Hall–Kier alpha value is -7.61. The Morgan fingerprint density at radius 1 is 0.292 bits per heavy atom. The monoisotopic (exact) mass is 1590 g/mol. The molecule has 0 fully saturated rings. The van der Waals surface area contributed by atoms with Crippen molar-refractivity contribution in [1.82, 2.24) is 0 Å². The molecule has 0 amide bonds. The molecule has 113 heavy (non-hydrogen) atoms. The largest absolute Gasteiger partial charge is 0.508 e. The molecule has 8 aromatic carbocycles. The van der Waals surface area contributed by atoms with E-state index in [-0.39, 0.29) is 82.7 Å². The number of carbonyl (C=O) groups excluding carboxylic acids is 2. The summed E-state index contributed by atoms with van der Waals surface area (Å²) in [6.45, 7) is 79.8. The van der Waals surface area contributed by atoms with E-state index in [1.807, 2.05) is 42.5 Å². The van der Waals surface area contributed by atoms with Crippen LogP contribution in [0.1, 0.15) is 350 Å². The van der Waals surface area contributed by atoms with E-state index in [0.29, 0.717) is 22.8 Å². The number of phenolic OH excluding ortho intramolecular Hbond substituents is 1. The van der Waals surface area contributed by atoms with Crippen molar-refractivity contribution < 1.29 is 45.5 Å². The van der Waals surface area contributed by atoms with Crippen molar-refractivity contribution in [2.24, 2.45) is 0 Å². The first kappa shape index (κ1) is 87.8. The van der Waals surface area contributed by atoms with E-state index in [1.54, 1.807) is 6.07 Å². The van der Waals surface area contributed by atoms with E-state index >= 15 is 0 Å². The number of aromatic hydroxyl groups is 1. The van der Waals surface area contributed by atoms with Crippen LogP contribution in [0, 0.1) is 0 Å². The third-order valence-electron chi connectivity index (χ3n) is 22.1. The summed E-state index contributed by atoms with van der Waals surface area (Å²) in [7, 11) is -3.70. The van der Waals surface area contributed by atoms with Gasteiger partial charge in [0, 0.05) is 77.3 Å². The van der Waals surface area contributed by atoms with Gasteiger partial charge in [-0.05, 0) is 158 Å². The Balaban J connectivity index is 0.000000199. The predicted octanol–water partition coefficient (Wildman–Crippen LogP) is 30.5. The summed E-state index contributed by atoms with van der Waals surface area (Å²) in [6, 6.07) is 42.1. The summed E-state index contributed by atoms with van der Waals surface area (Å²) >= 11 is 6.70. The molecule has 2 aromatic heterocycles. The van der Waals surface area contributed by atoms with Gasteiger partial charge in [0.25, 0.3) is 0 Å². The Kier molecular flexibility index (Phi) is 23.2. The van der Waals surface area contributed by atoms with E-state index in [9.17, 15) is 14.7 Å². The maximum absolute atomic E-state index is 14.0. The lowest BCUT2D eigenvalue weighted by Crippen LogP contribution is -2.17. The van der Waals surface area contributed by atoms with Crippen LogP contribution in [0.4, 0.5) is 0 Å². The first-order valence-corrected chi connectivity index (χ1v) is 43.5. The summed E-state index contributed by atoms with van der Waals surface area (Å²) in [5.74, 6) is -0.0656. The van der Waals surface area contributed by atoms with Crippen LogP contribution in [0.25, 0.3) is 43.9 Å². The SMILES string of the molecule is CC(C)(C)c1cc(C(C)(C)C)c2op(Cl)oc3c(C(C)(C)C)cc(C(C)(C)C)cc3c2c1.CC(C)(C)c1ccc(O)c(C2C(=O)Oc3ccc(C(C)(C)C)cc32)c1.CC(C)(C)c1ccc2c(c1)C(c1cc(C(C)(C)C)ccc1Op1oc3c(C(C)(C)C)cc(C(C)(C)C)cc3c3cc(C(C)(C)C)cc(C(C)(C)C)c3o1)C(=O)O2. The normalized spacial score (nSPS) is 15.5. The number of hydrogen-bond acceptors (Lipinski definition) is 10. The fourth-order valence-corrected chi connectivity index (χ4v) is 16.8. The summed E-state index contributed by atoms with van der Waals surface area (Å²) in [6.07, 6.45) is 0. The molecule has 2 aliphatic rings. The third-order valence-corrected chi connectivity index (χ3v) is 24.2. The molecular formula is C100H131ClO10P2. The molecule has 4 heterocycles. The van der Waals surface area contributed by atoms with Gasteiger partial charge in [0.05, 0.1) is 0 Å². The van der Waals surface area contributed by atoms with E-state index in [1.165, 1.54) is 33.4 Å². The van der Waals surface area contributed by atoms with Crippen LogP contribution >= 0.6 is 26.8 Å². The van der Waals surface area contributed by atoms with Gasteiger partial charge >= 0.3 is 27.5 Å².